The number of sulfonamides is 1. The predicted octanol–water partition coefficient (Wildman–Crippen LogP) is 3.00. The molecule has 0 aliphatic heterocycles. The van der Waals surface area contributed by atoms with Crippen LogP contribution in [-0.2, 0) is 10.0 Å². The fraction of sp³-hybridized carbons (Fsp3) is 0.500. The molecule has 1 rings (SSSR count). The van der Waals surface area contributed by atoms with Gasteiger partial charge in [0.2, 0.25) is 10.0 Å². The van der Waals surface area contributed by atoms with Gasteiger partial charge in [0.25, 0.3) is 0 Å². The van der Waals surface area contributed by atoms with E-state index in [0.717, 1.165) is 6.54 Å². The highest BCUT2D eigenvalue weighted by Gasteiger charge is 2.17. The van der Waals surface area contributed by atoms with E-state index in [1.807, 2.05) is 13.8 Å². The lowest BCUT2D eigenvalue weighted by Gasteiger charge is -2.14. The smallest absolute Gasteiger partial charge is 0.240 e. The first-order valence-corrected chi connectivity index (χ1v) is 8.20. The second-order valence-corrected chi connectivity index (χ2v) is 6.90. The molecule has 0 amide bonds. The molecule has 1 atom stereocenters. The van der Waals surface area contributed by atoms with Gasteiger partial charge in [-0.15, -0.1) is 12.4 Å². The average molecular weight is 362 g/mol. The summed E-state index contributed by atoms with van der Waals surface area (Å²) in [7, 11) is -3.59. The van der Waals surface area contributed by atoms with Crippen LogP contribution in [0.2, 0.25) is 10.0 Å². The maximum absolute atomic E-state index is 12.1. The Bertz CT molecular complexity index is 527. The van der Waals surface area contributed by atoms with E-state index in [9.17, 15) is 8.42 Å². The molecule has 0 saturated carbocycles. The van der Waals surface area contributed by atoms with Crippen LogP contribution in [0.4, 0.5) is 0 Å². The Labute approximate surface area is 136 Å². The zero-order valence-corrected chi connectivity index (χ0v) is 14.7. The lowest BCUT2D eigenvalue weighted by atomic mass is 10.2. The number of halogens is 3. The molecule has 116 valence electrons. The van der Waals surface area contributed by atoms with Crippen molar-refractivity contribution in [3.8, 4) is 0 Å². The Balaban J connectivity index is 0.00000361. The molecule has 0 heterocycles. The van der Waals surface area contributed by atoms with Gasteiger partial charge in [0.05, 0.1) is 4.90 Å². The van der Waals surface area contributed by atoms with Crippen LogP contribution < -0.4 is 10.0 Å². The summed E-state index contributed by atoms with van der Waals surface area (Å²) in [5, 5.41) is 3.80. The van der Waals surface area contributed by atoms with Crippen molar-refractivity contribution in [1.82, 2.24) is 10.0 Å². The molecule has 0 fully saturated rings. The summed E-state index contributed by atoms with van der Waals surface area (Å²) in [5.41, 5.74) is 0.670. The van der Waals surface area contributed by atoms with Crippen molar-refractivity contribution >= 4 is 45.6 Å². The molecule has 4 nitrogen and oxygen atoms in total. The zero-order chi connectivity index (χ0) is 14.6. The van der Waals surface area contributed by atoms with Crippen LogP contribution >= 0.6 is 35.6 Å². The van der Waals surface area contributed by atoms with Gasteiger partial charge in [0, 0.05) is 22.6 Å². The topological polar surface area (TPSA) is 58.2 Å². The molecule has 8 heteroatoms. The standard InChI is InChI=1S/C12H18Cl2N2O2S.ClH/c1-4-15-8(2)7-16-19(17,18)10-5-11(13)9(3)12(14)6-10;/h5-6,8,15-16H,4,7H2,1-3H3;1H/t8-;/m1./s1. The second-order valence-electron chi connectivity index (χ2n) is 4.32. The van der Waals surface area contributed by atoms with Crippen molar-refractivity contribution in [1.29, 1.82) is 0 Å². The summed E-state index contributed by atoms with van der Waals surface area (Å²) in [6.45, 7) is 6.69. The SMILES string of the molecule is CCN[C@H](C)CNS(=O)(=O)c1cc(Cl)c(C)c(Cl)c1.Cl. The van der Waals surface area contributed by atoms with E-state index in [-0.39, 0.29) is 23.3 Å². The number of benzene rings is 1. The second kappa shape index (κ2) is 8.41. The van der Waals surface area contributed by atoms with Crippen LogP contribution in [0.3, 0.4) is 0 Å². The van der Waals surface area contributed by atoms with Gasteiger partial charge in [-0.1, -0.05) is 30.1 Å². The number of rotatable bonds is 6. The van der Waals surface area contributed by atoms with Crippen molar-refractivity contribution in [3.63, 3.8) is 0 Å². The fourth-order valence-corrected chi connectivity index (χ4v) is 3.31. The van der Waals surface area contributed by atoms with Crippen molar-refractivity contribution in [2.45, 2.75) is 31.7 Å². The van der Waals surface area contributed by atoms with Crippen LogP contribution in [0, 0.1) is 6.92 Å². The molecule has 1 aromatic carbocycles. The molecule has 0 aliphatic rings. The third-order valence-electron chi connectivity index (χ3n) is 2.70. The van der Waals surface area contributed by atoms with Gasteiger partial charge in [-0.25, -0.2) is 13.1 Å². The lowest BCUT2D eigenvalue weighted by Crippen LogP contribution is -2.38. The van der Waals surface area contributed by atoms with Crippen molar-refractivity contribution in [2.24, 2.45) is 0 Å². The van der Waals surface area contributed by atoms with Gasteiger partial charge < -0.3 is 5.32 Å². The van der Waals surface area contributed by atoms with E-state index >= 15 is 0 Å². The Kier molecular flexibility index (Phi) is 8.40. The van der Waals surface area contributed by atoms with Gasteiger partial charge in [0.15, 0.2) is 0 Å². The zero-order valence-electron chi connectivity index (χ0n) is 11.5. The summed E-state index contributed by atoms with van der Waals surface area (Å²) in [4.78, 5) is 0.0804. The number of hydrogen-bond acceptors (Lipinski definition) is 3. The van der Waals surface area contributed by atoms with E-state index in [2.05, 4.69) is 10.0 Å². The monoisotopic (exact) mass is 360 g/mol. The third-order valence-corrected chi connectivity index (χ3v) is 4.89. The number of nitrogens with one attached hydrogen (secondary N) is 2. The highest BCUT2D eigenvalue weighted by Crippen LogP contribution is 2.27. The van der Waals surface area contributed by atoms with Crippen molar-refractivity contribution < 1.29 is 8.42 Å². The Hall–Kier alpha value is -0.0400. The third kappa shape index (κ3) is 5.39. The van der Waals surface area contributed by atoms with E-state index in [0.29, 0.717) is 22.2 Å². The largest absolute Gasteiger partial charge is 0.313 e. The molecule has 0 bridgehead atoms. The summed E-state index contributed by atoms with van der Waals surface area (Å²) in [5.74, 6) is 0. The quantitative estimate of drug-likeness (QED) is 0.819. The van der Waals surface area contributed by atoms with E-state index < -0.39 is 10.0 Å². The molecule has 0 unspecified atom stereocenters. The van der Waals surface area contributed by atoms with Crippen LogP contribution in [-0.4, -0.2) is 27.5 Å². The first-order chi connectivity index (χ1) is 8.77. The molecule has 20 heavy (non-hydrogen) atoms. The molecule has 0 saturated heterocycles. The normalized spacial score (nSPS) is 12.8. The molecule has 0 aromatic heterocycles. The maximum Gasteiger partial charge on any atom is 0.240 e. The molecule has 0 radical (unpaired) electrons. The summed E-state index contributed by atoms with van der Waals surface area (Å²) >= 11 is 11.9. The van der Waals surface area contributed by atoms with Gasteiger partial charge in [-0.05, 0) is 38.1 Å². The Morgan fingerprint density at radius 1 is 1.25 bits per heavy atom. The average Bonchev–Trinajstić information content (AvgIpc) is 2.33. The molecule has 1 aromatic rings. The lowest BCUT2D eigenvalue weighted by molar-refractivity contribution is 0.536. The summed E-state index contributed by atoms with van der Waals surface area (Å²) in [6.07, 6.45) is 0. The highest BCUT2D eigenvalue weighted by molar-refractivity contribution is 7.89. The van der Waals surface area contributed by atoms with Gasteiger partial charge in [0.1, 0.15) is 0 Å². The van der Waals surface area contributed by atoms with Crippen molar-refractivity contribution in [2.75, 3.05) is 13.1 Å². The molecular weight excluding hydrogens is 343 g/mol. The first kappa shape index (κ1) is 20.0. The van der Waals surface area contributed by atoms with E-state index in [1.54, 1.807) is 6.92 Å². The molecule has 2 N–H and O–H groups in total. The van der Waals surface area contributed by atoms with E-state index in [1.165, 1.54) is 12.1 Å². The fourth-order valence-electron chi connectivity index (χ4n) is 1.52. The highest BCUT2D eigenvalue weighted by atomic mass is 35.5. The predicted molar refractivity (Wildman–Crippen MR) is 86.8 cm³/mol. The van der Waals surface area contributed by atoms with Crippen molar-refractivity contribution in [3.05, 3.63) is 27.7 Å². The van der Waals surface area contributed by atoms with Crippen LogP contribution in [0.1, 0.15) is 19.4 Å². The Morgan fingerprint density at radius 2 is 1.75 bits per heavy atom. The van der Waals surface area contributed by atoms with E-state index in [4.69, 9.17) is 23.2 Å². The van der Waals surface area contributed by atoms with Crippen LogP contribution in [0.5, 0.6) is 0 Å². The number of hydrogen-bond donors (Lipinski definition) is 2. The van der Waals surface area contributed by atoms with Crippen LogP contribution in [0.15, 0.2) is 17.0 Å². The molecule has 0 spiro atoms. The number of likely N-dealkylation sites (N-methyl/N-ethyl adjacent to an activating group) is 1. The first-order valence-electron chi connectivity index (χ1n) is 5.96. The molecular formula is C12H19Cl3N2O2S. The van der Waals surface area contributed by atoms with Crippen LogP contribution in [0.25, 0.3) is 0 Å². The van der Waals surface area contributed by atoms with Gasteiger partial charge >= 0.3 is 0 Å². The minimum atomic E-state index is -3.59. The summed E-state index contributed by atoms with van der Waals surface area (Å²) < 4.78 is 26.7. The Morgan fingerprint density at radius 3 is 2.20 bits per heavy atom. The van der Waals surface area contributed by atoms with Gasteiger partial charge in [-0.3, -0.25) is 0 Å². The maximum atomic E-state index is 12.1. The summed E-state index contributed by atoms with van der Waals surface area (Å²) in [6, 6.07) is 2.86. The van der Waals surface area contributed by atoms with Gasteiger partial charge in [-0.2, -0.15) is 0 Å². The minimum absolute atomic E-state index is 0. The molecule has 0 aliphatic carbocycles. The minimum Gasteiger partial charge on any atom is -0.313 e.